The highest BCUT2D eigenvalue weighted by atomic mass is 32.2. The third-order valence-corrected chi connectivity index (χ3v) is 7.90. The lowest BCUT2D eigenvalue weighted by Gasteiger charge is -2.29. The third kappa shape index (κ3) is 4.13. The Morgan fingerprint density at radius 2 is 2.12 bits per heavy atom. The predicted octanol–water partition coefficient (Wildman–Crippen LogP) is 2.98. The largest absolute Gasteiger partial charge is 0.372 e. The highest BCUT2D eigenvalue weighted by Crippen LogP contribution is 2.33. The predicted molar refractivity (Wildman–Crippen MR) is 98.3 cm³/mol. The Morgan fingerprint density at radius 3 is 2.72 bits per heavy atom. The van der Waals surface area contributed by atoms with Crippen molar-refractivity contribution in [2.24, 2.45) is 7.05 Å². The van der Waals surface area contributed by atoms with Gasteiger partial charge < -0.3 is 9.30 Å². The molecule has 0 bridgehead atoms. The SMILES string of the molecule is Cn1cncc1[C@@H]1C[C@H](NS(=O)(=O)c2ccc(C(C)(C)C)s2)CCO1. The van der Waals surface area contributed by atoms with Crippen LogP contribution < -0.4 is 4.72 Å². The van der Waals surface area contributed by atoms with Crippen molar-refractivity contribution in [1.82, 2.24) is 14.3 Å². The Kier molecular flexibility index (Phi) is 5.07. The van der Waals surface area contributed by atoms with Gasteiger partial charge in [0.2, 0.25) is 10.0 Å². The number of aromatic nitrogens is 2. The molecule has 2 aromatic rings. The Balaban J connectivity index is 1.72. The fourth-order valence-electron chi connectivity index (χ4n) is 2.93. The number of rotatable bonds is 4. The Hall–Kier alpha value is -1.22. The molecule has 1 N–H and O–H groups in total. The summed E-state index contributed by atoms with van der Waals surface area (Å²) in [5.74, 6) is 0. The highest BCUT2D eigenvalue weighted by molar-refractivity contribution is 7.91. The summed E-state index contributed by atoms with van der Waals surface area (Å²) in [6.45, 7) is 6.78. The van der Waals surface area contributed by atoms with Gasteiger partial charge in [0.25, 0.3) is 0 Å². The van der Waals surface area contributed by atoms with Crippen molar-refractivity contribution in [3.63, 3.8) is 0 Å². The summed E-state index contributed by atoms with van der Waals surface area (Å²) < 4.78 is 36.4. The van der Waals surface area contributed by atoms with Crippen LogP contribution in [-0.2, 0) is 27.2 Å². The summed E-state index contributed by atoms with van der Waals surface area (Å²) >= 11 is 1.34. The molecule has 1 fully saturated rings. The maximum Gasteiger partial charge on any atom is 0.250 e. The van der Waals surface area contributed by atoms with Gasteiger partial charge in [-0.3, -0.25) is 0 Å². The lowest BCUT2D eigenvalue weighted by Crippen LogP contribution is -2.39. The van der Waals surface area contributed by atoms with Crippen molar-refractivity contribution in [3.05, 3.63) is 35.2 Å². The minimum atomic E-state index is -3.51. The van der Waals surface area contributed by atoms with E-state index >= 15 is 0 Å². The summed E-state index contributed by atoms with van der Waals surface area (Å²) in [4.78, 5) is 5.18. The number of imidazole rings is 1. The molecule has 0 spiro atoms. The second-order valence-corrected chi connectivity index (χ2v) is 10.5. The first kappa shape index (κ1) is 18.6. The quantitative estimate of drug-likeness (QED) is 0.881. The van der Waals surface area contributed by atoms with Crippen LogP contribution in [-0.4, -0.2) is 30.6 Å². The summed E-state index contributed by atoms with van der Waals surface area (Å²) in [7, 11) is -1.60. The van der Waals surface area contributed by atoms with E-state index in [1.807, 2.05) is 17.7 Å². The van der Waals surface area contributed by atoms with Crippen LogP contribution in [0.2, 0.25) is 0 Å². The van der Waals surface area contributed by atoms with Crippen molar-refractivity contribution >= 4 is 21.4 Å². The molecule has 0 aliphatic carbocycles. The van der Waals surface area contributed by atoms with E-state index in [-0.39, 0.29) is 17.6 Å². The molecule has 0 unspecified atom stereocenters. The zero-order valence-electron chi connectivity index (χ0n) is 15.0. The van der Waals surface area contributed by atoms with Crippen LogP contribution in [0.4, 0.5) is 0 Å². The Bertz CT molecular complexity index is 833. The topological polar surface area (TPSA) is 73.2 Å². The van der Waals surface area contributed by atoms with Crippen molar-refractivity contribution in [2.75, 3.05) is 6.61 Å². The Morgan fingerprint density at radius 1 is 1.36 bits per heavy atom. The molecule has 3 heterocycles. The number of thiophene rings is 1. The van der Waals surface area contributed by atoms with Crippen LogP contribution >= 0.6 is 11.3 Å². The van der Waals surface area contributed by atoms with Gasteiger partial charge in [-0.2, -0.15) is 0 Å². The monoisotopic (exact) mass is 383 g/mol. The molecule has 1 saturated heterocycles. The molecule has 0 aromatic carbocycles. The van der Waals surface area contributed by atoms with E-state index in [1.165, 1.54) is 11.3 Å². The number of nitrogens with one attached hydrogen (secondary N) is 1. The average molecular weight is 384 g/mol. The van der Waals surface area contributed by atoms with Gasteiger partial charge in [-0.05, 0) is 30.4 Å². The zero-order valence-corrected chi connectivity index (χ0v) is 16.7. The minimum absolute atomic E-state index is 0.0538. The molecule has 8 heteroatoms. The van der Waals surface area contributed by atoms with Crippen LogP contribution in [0.5, 0.6) is 0 Å². The average Bonchev–Trinajstić information content (AvgIpc) is 3.15. The molecule has 2 atom stereocenters. The molecule has 25 heavy (non-hydrogen) atoms. The molecule has 138 valence electrons. The van der Waals surface area contributed by atoms with Crippen molar-refractivity contribution in [2.45, 2.75) is 55.4 Å². The van der Waals surface area contributed by atoms with Crippen LogP contribution in [0.25, 0.3) is 0 Å². The van der Waals surface area contributed by atoms with Crippen molar-refractivity contribution in [1.29, 1.82) is 0 Å². The molecule has 1 aliphatic heterocycles. The lowest BCUT2D eigenvalue weighted by molar-refractivity contribution is -0.0000363. The smallest absolute Gasteiger partial charge is 0.250 e. The van der Waals surface area contributed by atoms with Crippen molar-refractivity contribution in [3.8, 4) is 0 Å². The van der Waals surface area contributed by atoms with E-state index in [4.69, 9.17) is 4.74 Å². The van der Waals surface area contributed by atoms with E-state index < -0.39 is 10.0 Å². The van der Waals surface area contributed by atoms with Gasteiger partial charge in [0, 0.05) is 24.6 Å². The molecule has 3 rings (SSSR count). The van der Waals surface area contributed by atoms with Gasteiger partial charge in [0.05, 0.1) is 18.2 Å². The molecule has 1 aliphatic rings. The molecular weight excluding hydrogens is 358 g/mol. The first-order valence-electron chi connectivity index (χ1n) is 8.37. The molecule has 0 saturated carbocycles. The first-order valence-corrected chi connectivity index (χ1v) is 10.7. The van der Waals surface area contributed by atoms with E-state index in [0.29, 0.717) is 23.7 Å². The number of sulfonamides is 1. The van der Waals surface area contributed by atoms with Gasteiger partial charge in [0.15, 0.2) is 0 Å². The van der Waals surface area contributed by atoms with Crippen LogP contribution in [0.3, 0.4) is 0 Å². The van der Waals surface area contributed by atoms with Crippen LogP contribution in [0, 0.1) is 0 Å². The molecule has 0 radical (unpaired) electrons. The van der Waals surface area contributed by atoms with Gasteiger partial charge in [0.1, 0.15) is 10.3 Å². The summed E-state index contributed by atoms with van der Waals surface area (Å²) in [6, 6.07) is 3.46. The fourth-order valence-corrected chi connectivity index (χ4v) is 5.60. The van der Waals surface area contributed by atoms with Gasteiger partial charge in [-0.1, -0.05) is 20.8 Å². The van der Waals surface area contributed by atoms with Gasteiger partial charge in [-0.25, -0.2) is 18.1 Å². The molecule has 6 nitrogen and oxygen atoms in total. The lowest BCUT2D eigenvalue weighted by atomic mass is 9.95. The maximum absolute atomic E-state index is 12.7. The number of nitrogens with zero attached hydrogens (tertiary/aromatic N) is 2. The summed E-state index contributed by atoms with van der Waals surface area (Å²) in [5.41, 5.74) is 0.914. The number of aryl methyl sites for hydroxylation is 1. The van der Waals surface area contributed by atoms with Crippen molar-refractivity contribution < 1.29 is 13.2 Å². The highest BCUT2D eigenvalue weighted by Gasteiger charge is 2.30. The number of hydrogen-bond donors (Lipinski definition) is 1. The van der Waals surface area contributed by atoms with E-state index in [9.17, 15) is 8.42 Å². The third-order valence-electron chi connectivity index (χ3n) is 4.37. The van der Waals surface area contributed by atoms with Gasteiger partial charge >= 0.3 is 0 Å². The van der Waals surface area contributed by atoms with E-state index in [2.05, 4.69) is 30.5 Å². The summed E-state index contributed by atoms with van der Waals surface area (Å²) in [6.07, 6.45) is 4.65. The minimum Gasteiger partial charge on any atom is -0.372 e. The normalized spacial score (nSPS) is 22.2. The van der Waals surface area contributed by atoms with Crippen LogP contribution in [0.15, 0.2) is 28.9 Å². The van der Waals surface area contributed by atoms with E-state index in [1.54, 1.807) is 18.6 Å². The molecule has 2 aromatic heterocycles. The molecular formula is C17H25N3O3S2. The van der Waals surface area contributed by atoms with Crippen LogP contribution in [0.1, 0.15) is 50.3 Å². The Labute approximate surface area is 153 Å². The zero-order chi connectivity index (χ0) is 18.2. The van der Waals surface area contributed by atoms with Gasteiger partial charge in [-0.15, -0.1) is 11.3 Å². The standard InChI is InChI=1S/C17H25N3O3S2/c1-17(2,3)15-5-6-16(24-15)25(21,22)19-12-7-8-23-14(9-12)13-10-18-11-20(13)4/h5-6,10-12,14,19H,7-9H2,1-4H3/t12-,14+/m1/s1. The fraction of sp³-hybridized carbons (Fsp3) is 0.588. The number of ether oxygens (including phenoxy) is 1. The second-order valence-electron chi connectivity index (χ2n) is 7.50. The van der Waals surface area contributed by atoms with E-state index in [0.717, 1.165) is 10.6 Å². The maximum atomic E-state index is 12.7. The summed E-state index contributed by atoms with van der Waals surface area (Å²) in [5, 5.41) is 0. The second kappa shape index (κ2) is 6.83. The first-order chi connectivity index (χ1) is 11.7. The number of hydrogen-bond acceptors (Lipinski definition) is 5. The molecule has 0 amide bonds.